The largest absolute Gasteiger partial charge is 1.00 e. The fourth-order valence-corrected chi connectivity index (χ4v) is 6.57. The normalized spacial score (nSPS) is 12.2. The first-order valence-electron chi connectivity index (χ1n) is 8.75. The molecule has 2 rings (SSSR count). The molecule has 29 heavy (non-hydrogen) atoms. The average Bonchev–Trinajstić information content (AvgIpc) is 2.65. The summed E-state index contributed by atoms with van der Waals surface area (Å²) in [4.78, 5) is 0.815. The maximum absolute atomic E-state index is 13.2. The van der Waals surface area contributed by atoms with Crippen LogP contribution in [0.15, 0.2) is 58.3 Å². The lowest BCUT2D eigenvalue weighted by Crippen LogP contribution is -3.12. The topological polar surface area (TPSA) is 76.0 Å². The van der Waals surface area contributed by atoms with Gasteiger partial charge in [-0.05, 0) is 62.4 Å². The highest BCUT2D eigenvalue weighted by atomic mass is 35.5. The van der Waals surface area contributed by atoms with E-state index in [1.807, 2.05) is 13.8 Å². The Hall–Kier alpha value is -0.870. The summed E-state index contributed by atoms with van der Waals surface area (Å²) >= 11 is 11.7. The highest BCUT2D eigenvalue weighted by Crippen LogP contribution is 2.25. The predicted octanol–water partition coefficient (Wildman–Crippen LogP) is -0.698. The molecule has 1 N–H and O–H groups in total. The number of hydrogen-bond acceptors (Lipinski definition) is 4. The number of rotatable bonds is 9. The molecule has 0 aromatic heterocycles. The van der Waals surface area contributed by atoms with Crippen LogP contribution in [-0.2, 0) is 20.0 Å². The smallest absolute Gasteiger partial charge is 0.256 e. The summed E-state index contributed by atoms with van der Waals surface area (Å²) in [7, 11) is -8.61. The van der Waals surface area contributed by atoms with Crippen molar-refractivity contribution in [1.29, 1.82) is 0 Å². The zero-order valence-electron chi connectivity index (χ0n) is 16.0. The average molecular weight is 502 g/mol. The second-order valence-corrected chi connectivity index (χ2v) is 11.0. The Kier molecular flexibility index (Phi) is 9.88. The molecule has 162 valence electrons. The van der Waals surface area contributed by atoms with Gasteiger partial charge in [-0.1, -0.05) is 26.9 Å². The number of sulfonamides is 2. The first-order valence-corrected chi connectivity index (χ1v) is 12.4. The Balaban J connectivity index is 0.00000420. The molecule has 0 amide bonds. The lowest BCUT2D eigenvalue weighted by Gasteiger charge is -2.24. The third-order valence-corrected chi connectivity index (χ3v) is 9.26. The summed E-state index contributed by atoms with van der Waals surface area (Å²) in [6.45, 7) is 5.62. The molecule has 11 heteroatoms. The van der Waals surface area contributed by atoms with Gasteiger partial charge in [-0.15, -0.1) is 0 Å². The highest BCUT2D eigenvalue weighted by molar-refractivity contribution is 8.04. The van der Waals surface area contributed by atoms with Crippen LogP contribution < -0.4 is 17.3 Å². The van der Waals surface area contributed by atoms with Crippen molar-refractivity contribution in [2.75, 3.05) is 26.2 Å². The number of quaternary nitrogens is 1. The Labute approximate surface area is 188 Å². The summed E-state index contributed by atoms with van der Waals surface area (Å²) in [5.74, 6) is 0. The highest BCUT2D eigenvalue weighted by Gasteiger charge is 2.37. The van der Waals surface area contributed by atoms with E-state index in [0.29, 0.717) is 20.3 Å². The van der Waals surface area contributed by atoms with Gasteiger partial charge < -0.3 is 17.3 Å². The maximum atomic E-state index is 13.2. The van der Waals surface area contributed by atoms with E-state index < -0.39 is 20.0 Å². The summed E-state index contributed by atoms with van der Waals surface area (Å²) < 4.78 is 53.3. The summed E-state index contributed by atoms with van der Waals surface area (Å²) in [6.07, 6.45) is 0. The molecule has 0 bridgehead atoms. The molecule has 6 nitrogen and oxygen atoms in total. The summed E-state index contributed by atoms with van der Waals surface area (Å²) in [5.41, 5.74) is 0. The Bertz CT molecular complexity index is 917. The third kappa shape index (κ3) is 6.30. The number of hydrogen-bond donors (Lipinski definition) is 1. The molecule has 0 aliphatic heterocycles. The number of benzene rings is 2. The van der Waals surface area contributed by atoms with Crippen LogP contribution >= 0.6 is 23.2 Å². The molecule has 0 atom stereocenters. The molecule has 0 aliphatic rings. The minimum absolute atomic E-state index is 0. The van der Waals surface area contributed by atoms with Crippen LogP contribution in [0.4, 0.5) is 0 Å². The molecule has 0 fully saturated rings. The fraction of sp³-hybridized carbons (Fsp3) is 0.333. The van der Waals surface area contributed by atoms with Crippen LogP contribution in [0, 0.1) is 0 Å². The molecule has 0 heterocycles. The van der Waals surface area contributed by atoms with Crippen molar-refractivity contribution in [2.45, 2.75) is 23.6 Å². The lowest BCUT2D eigenvalue weighted by molar-refractivity contribution is -0.895. The maximum Gasteiger partial charge on any atom is 0.256 e. The molecule has 0 radical (unpaired) electrons. The predicted molar refractivity (Wildman–Crippen MR) is 111 cm³/mol. The van der Waals surface area contributed by atoms with Gasteiger partial charge in [0.25, 0.3) is 20.0 Å². The van der Waals surface area contributed by atoms with Gasteiger partial charge in [-0.3, -0.25) is 0 Å². The summed E-state index contributed by atoms with van der Waals surface area (Å²) in [5, 5.41) is 0.720. The molecule has 2 aromatic carbocycles. The van der Waals surface area contributed by atoms with Gasteiger partial charge in [0.2, 0.25) is 0 Å². The number of likely N-dealkylation sites (N-methyl/N-ethyl adjacent to an activating group) is 1. The first kappa shape index (κ1) is 26.2. The third-order valence-electron chi connectivity index (χ3n) is 4.41. The molecule has 0 saturated heterocycles. The van der Waals surface area contributed by atoms with Crippen molar-refractivity contribution >= 4 is 43.2 Å². The molecule has 0 spiro atoms. The van der Waals surface area contributed by atoms with Crippen molar-refractivity contribution < 1.29 is 34.1 Å². The standard InChI is InChI=1S/C18H22Cl2N2O4S2.ClH/c1-3-21(4-2)13-14-22(27(23,24)17-9-5-15(19)6-10-17)28(25,26)18-11-7-16(20)8-12-18;/h5-12H,3-4,13-14H2,1-2H3;1H. The van der Waals surface area contributed by atoms with Gasteiger partial charge in [0, 0.05) is 10.0 Å². The molecular formula is C18H23Cl3N2O4S2. The van der Waals surface area contributed by atoms with Crippen LogP contribution in [0.3, 0.4) is 0 Å². The van der Waals surface area contributed by atoms with Gasteiger partial charge in [-0.25, -0.2) is 16.8 Å². The zero-order valence-corrected chi connectivity index (χ0v) is 19.9. The van der Waals surface area contributed by atoms with Crippen LogP contribution in [0.2, 0.25) is 10.0 Å². The quantitative estimate of drug-likeness (QED) is 0.493. The molecule has 0 saturated carbocycles. The SMILES string of the molecule is CC[NH+](CC)CCN(S(=O)(=O)c1ccc(Cl)cc1)S(=O)(=O)c1ccc(Cl)cc1.[Cl-]. The van der Waals surface area contributed by atoms with Crippen LogP contribution in [-0.4, -0.2) is 46.7 Å². The van der Waals surface area contributed by atoms with Crippen molar-refractivity contribution in [1.82, 2.24) is 3.71 Å². The Morgan fingerprint density at radius 1 is 0.759 bits per heavy atom. The Morgan fingerprint density at radius 2 is 1.10 bits per heavy atom. The van der Waals surface area contributed by atoms with E-state index in [4.69, 9.17) is 23.2 Å². The van der Waals surface area contributed by atoms with E-state index in [2.05, 4.69) is 0 Å². The fourth-order valence-electron chi connectivity index (χ4n) is 2.67. The van der Waals surface area contributed by atoms with Crippen molar-refractivity contribution in [2.24, 2.45) is 0 Å². The minimum atomic E-state index is -4.31. The van der Waals surface area contributed by atoms with E-state index in [9.17, 15) is 16.8 Å². The second-order valence-electron chi connectivity index (χ2n) is 6.12. The molecule has 0 aliphatic carbocycles. The van der Waals surface area contributed by atoms with E-state index in [0.717, 1.165) is 18.0 Å². The number of halogens is 3. The van der Waals surface area contributed by atoms with E-state index in [-0.39, 0.29) is 28.7 Å². The zero-order chi connectivity index (χ0) is 20.9. The van der Waals surface area contributed by atoms with E-state index in [1.165, 1.54) is 48.5 Å². The number of nitrogens with one attached hydrogen (secondary N) is 1. The van der Waals surface area contributed by atoms with Crippen LogP contribution in [0.1, 0.15) is 13.8 Å². The van der Waals surface area contributed by atoms with Gasteiger partial charge >= 0.3 is 0 Å². The van der Waals surface area contributed by atoms with E-state index in [1.54, 1.807) is 0 Å². The van der Waals surface area contributed by atoms with Gasteiger partial charge in [-0.2, -0.15) is 0 Å². The lowest BCUT2D eigenvalue weighted by atomic mass is 10.4. The molecule has 0 unspecified atom stereocenters. The summed E-state index contributed by atoms with van der Waals surface area (Å²) in [6, 6.07) is 10.8. The van der Waals surface area contributed by atoms with Gasteiger partial charge in [0.15, 0.2) is 0 Å². The minimum Gasteiger partial charge on any atom is -1.00 e. The molecular weight excluding hydrogens is 479 g/mol. The monoisotopic (exact) mass is 500 g/mol. The Morgan fingerprint density at radius 3 is 1.41 bits per heavy atom. The van der Waals surface area contributed by atoms with Crippen molar-refractivity contribution in [3.05, 3.63) is 58.6 Å². The van der Waals surface area contributed by atoms with Crippen LogP contribution in [0.25, 0.3) is 0 Å². The second kappa shape index (κ2) is 10.9. The van der Waals surface area contributed by atoms with Crippen LogP contribution in [0.5, 0.6) is 0 Å². The van der Waals surface area contributed by atoms with Crippen molar-refractivity contribution in [3.63, 3.8) is 0 Å². The van der Waals surface area contributed by atoms with Gasteiger partial charge in [0.05, 0.1) is 36.0 Å². The van der Waals surface area contributed by atoms with Gasteiger partial charge in [0.1, 0.15) is 0 Å². The van der Waals surface area contributed by atoms with Crippen molar-refractivity contribution in [3.8, 4) is 0 Å². The van der Waals surface area contributed by atoms with E-state index >= 15 is 0 Å². The number of nitrogens with zero attached hydrogens (tertiary/aromatic N) is 1. The first-order chi connectivity index (χ1) is 13.1. The molecule has 2 aromatic rings.